The van der Waals surface area contributed by atoms with Gasteiger partial charge in [0.2, 0.25) is 0 Å². The largest absolute Gasteiger partial charge is 0.355 e. The van der Waals surface area contributed by atoms with Crippen LogP contribution < -0.4 is 5.32 Å². The van der Waals surface area contributed by atoms with E-state index >= 15 is 0 Å². The lowest BCUT2D eigenvalue weighted by molar-refractivity contribution is 0.0677. The molecule has 24 heavy (non-hydrogen) atoms. The lowest BCUT2D eigenvalue weighted by Gasteiger charge is -2.30. The topological polar surface area (TPSA) is 45.2 Å². The first-order valence-corrected chi connectivity index (χ1v) is 8.00. The van der Waals surface area contributed by atoms with Crippen LogP contribution in [0.15, 0.2) is 36.5 Å². The van der Waals surface area contributed by atoms with Gasteiger partial charge >= 0.3 is 0 Å². The van der Waals surface area contributed by atoms with Crippen LogP contribution >= 0.6 is 0 Å². The van der Waals surface area contributed by atoms with Crippen LogP contribution in [0, 0.1) is 17.6 Å². The average molecular weight is 331 g/mol. The Bertz CT molecular complexity index is 751. The predicted molar refractivity (Wildman–Crippen MR) is 88.2 cm³/mol. The molecule has 1 unspecified atom stereocenters. The molecule has 1 aliphatic heterocycles. The Hall–Kier alpha value is -2.50. The third-order valence-corrected chi connectivity index (χ3v) is 4.13. The molecule has 1 aliphatic rings. The Morgan fingerprint density at radius 2 is 2.00 bits per heavy atom. The summed E-state index contributed by atoms with van der Waals surface area (Å²) in [6.45, 7) is 3.61. The van der Waals surface area contributed by atoms with E-state index in [0.717, 1.165) is 38.1 Å². The second-order valence-electron chi connectivity index (χ2n) is 6.18. The van der Waals surface area contributed by atoms with Gasteiger partial charge in [0.1, 0.15) is 5.69 Å². The molecule has 1 amide bonds. The maximum Gasteiger partial charge on any atom is 0.272 e. The minimum atomic E-state index is -0.923. The Kier molecular flexibility index (Phi) is 4.74. The number of amides is 1. The van der Waals surface area contributed by atoms with Crippen LogP contribution in [0.4, 0.5) is 20.2 Å². The van der Waals surface area contributed by atoms with E-state index in [-0.39, 0.29) is 5.91 Å². The van der Waals surface area contributed by atoms with Crippen molar-refractivity contribution in [2.75, 3.05) is 18.4 Å². The van der Waals surface area contributed by atoms with Gasteiger partial charge in [0.05, 0.1) is 0 Å². The average Bonchev–Trinajstić information content (AvgIpc) is 2.58. The van der Waals surface area contributed by atoms with Gasteiger partial charge in [0.15, 0.2) is 11.6 Å². The second-order valence-corrected chi connectivity index (χ2v) is 6.18. The van der Waals surface area contributed by atoms with Gasteiger partial charge in [-0.1, -0.05) is 6.92 Å². The Morgan fingerprint density at radius 1 is 1.21 bits per heavy atom. The van der Waals surface area contributed by atoms with Crippen molar-refractivity contribution in [1.82, 2.24) is 9.88 Å². The van der Waals surface area contributed by atoms with E-state index in [0.29, 0.717) is 23.0 Å². The molecular weight excluding hydrogens is 312 g/mol. The predicted octanol–water partition coefficient (Wildman–Crippen LogP) is 3.98. The van der Waals surface area contributed by atoms with Crippen molar-refractivity contribution in [3.05, 3.63) is 53.9 Å². The van der Waals surface area contributed by atoms with Gasteiger partial charge in [-0.25, -0.2) is 8.78 Å². The van der Waals surface area contributed by atoms with Gasteiger partial charge in [-0.05, 0) is 43.0 Å². The van der Waals surface area contributed by atoms with Crippen molar-refractivity contribution < 1.29 is 13.6 Å². The quantitative estimate of drug-likeness (QED) is 0.925. The van der Waals surface area contributed by atoms with Gasteiger partial charge in [0.25, 0.3) is 5.91 Å². The number of nitrogens with zero attached hydrogens (tertiary/aromatic N) is 2. The molecule has 0 saturated carbocycles. The summed E-state index contributed by atoms with van der Waals surface area (Å²) in [5, 5.41) is 2.96. The summed E-state index contributed by atoms with van der Waals surface area (Å²) >= 11 is 0. The number of likely N-dealkylation sites (tertiary alicyclic amines) is 1. The maximum atomic E-state index is 13.3. The Morgan fingerprint density at radius 3 is 2.75 bits per heavy atom. The molecular formula is C18H19F2N3O. The molecule has 0 bridgehead atoms. The molecule has 0 radical (unpaired) electrons. The molecule has 1 atom stereocenters. The summed E-state index contributed by atoms with van der Waals surface area (Å²) in [7, 11) is 0. The number of hydrogen-bond donors (Lipinski definition) is 1. The van der Waals surface area contributed by atoms with Gasteiger partial charge in [-0.15, -0.1) is 0 Å². The van der Waals surface area contributed by atoms with Gasteiger partial charge in [-0.3, -0.25) is 9.78 Å². The molecule has 1 saturated heterocycles. The van der Waals surface area contributed by atoms with Crippen LogP contribution in [0.3, 0.4) is 0 Å². The molecule has 3 rings (SSSR count). The first-order valence-electron chi connectivity index (χ1n) is 8.00. The molecule has 4 nitrogen and oxygen atoms in total. The van der Waals surface area contributed by atoms with E-state index in [2.05, 4.69) is 17.2 Å². The maximum absolute atomic E-state index is 13.3. The molecule has 1 fully saturated rings. The van der Waals surface area contributed by atoms with Crippen molar-refractivity contribution in [3.8, 4) is 0 Å². The molecule has 2 heterocycles. The number of rotatable bonds is 3. The number of piperidine rings is 1. The summed E-state index contributed by atoms with van der Waals surface area (Å²) in [5.41, 5.74) is 1.35. The molecule has 2 aromatic rings. The Balaban J connectivity index is 1.76. The number of hydrogen-bond acceptors (Lipinski definition) is 3. The second kappa shape index (κ2) is 6.95. The van der Waals surface area contributed by atoms with Crippen molar-refractivity contribution in [2.45, 2.75) is 19.8 Å². The third-order valence-electron chi connectivity index (χ3n) is 4.13. The van der Waals surface area contributed by atoms with Gasteiger partial charge in [0, 0.05) is 36.7 Å². The van der Waals surface area contributed by atoms with Gasteiger partial charge < -0.3 is 10.2 Å². The fraction of sp³-hybridized carbons (Fsp3) is 0.333. The summed E-state index contributed by atoms with van der Waals surface area (Å²) in [6, 6.07) is 6.87. The van der Waals surface area contributed by atoms with Crippen molar-refractivity contribution in [2.24, 2.45) is 5.92 Å². The number of anilines is 2. The lowest BCUT2D eigenvalue weighted by atomic mass is 10.00. The highest BCUT2D eigenvalue weighted by Crippen LogP contribution is 2.21. The molecule has 1 aromatic carbocycles. The number of halogens is 2. The molecule has 0 spiro atoms. The van der Waals surface area contributed by atoms with Crippen molar-refractivity contribution >= 4 is 17.3 Å². The summed E-state index contributed by atoms with van der Waals surface area (Å²) in [6.07, 6.45) is 3.66. The minimum Gasteiger partial charge on any atom is -0.355 e. The molecule has 0 aliphatic carbocycles. The van der Waals surface area contributed by atoms with E-state index in [1.807, 2.05) is 4.90 Å². The number of nitrogens with one attached hydrogen (secondary N) is 1. The normalized spacial score (nSPS) is 17.6. The number of carbonyl (C=O) groups excluding carboxylic acids is 1. The lowest BCUT2D eigenvalue weighted by Crippen LogP contribution is -2.39. The van der Waals surface area contributed by atoms with Crippen LogP contribution in [0.5, 0.6) is 0 Å². The van der Waals surface area contributed by atoms with Crippen LogP contribution in [-0.2, 0) is 0 Å². The fourth-order valence-corrected chi connectivity index (χ4v) is 2.90. The molecule has 6 heteroatoms. The van der Waals surface area contributed by atoms with Crippen molar-refractivity contribution in [1.29, 1.82) is 0 Å². The first-order chi connectivity index (χ1) is 11.5. The van der Waals surface area contributed by atoms with E-state index in [9.17, 15) is 13.6 Å². The number of pyridine rings is 1. The zero-order chi connectivity index (χ0) is 17.1. The smallest absolute Gasteiger partial charge is 0.272 e. The fourth-order valence-electron chi connectivity index (χ4n) is 2.90. The van der Waals surface area contributed by atoms with Crippen LogP contribution in [-0.4, -0.2) is 28.9 Å². The number of carbonyl (C=O) groups is 1. The molecule has 1 N–H and O–H groups in total. The monoisotopic (exact) mass is 331 g/mol. The van der Waals surface area contributed by atoms with Crippen LogP contribution in [0.25, 0.3) is 0 Å². The number of benzene rings is 1. The zero-order valence-corrected chi connectivity index (χ0v) is 13.4. The highest BCUT2D eigenvalue weighted by atomic mass is 19.2. The standard InChI is InChI=1S/C18H19F2N3O/c1-12-3-2-8-23(11-12)18(24)17-10-14(6-7-21-17)22-13-4-5-15(19)16(20)9-13/h4-7,9-10,12H,2-3,8,11H2,1H3,(H,21,22). The Labute approximate surface area is 139 Å². The minimum absolute atomic E-state index is 0.101. The van der Waals surface area contributed by atoms with Gasteiger partial charge in [-0.2, -0.15) is 0 Å². The molecule has 1 aromatic heterocycles. The summed E-state index contributed by atoms with van der Waals surface area (Å²) in [4.78, 5) is 18.5. The summed E-state index contributed by atoms with van der Waals surface area (Å²) in [5.74, 6) is -1.43. The van der Waals surface area contributed by atoms with Crippen LogP contribution in [0.2, 0.25) is 0 Å². The SMILES string of the molecule is CC1CCCN(C(=O)c2cc(Nc3ccc(F)c(F)c3)ccn2)C1. The first kappa shape index (κ1) is 16.4. The van der Waals surface area contributed by atoms with Crippen molar-refractivity contribution in [3.63, 3.8) is 0 Å². The highest BCUT2D eigenvalue weighted by Gasteiger charge is 2.23. The summed E-state index contributed by atoms with van der Waals surface area (Å²) < 4.78 is 26.3. The van der Waals surface area contributed by atoms with E-state index in [4.69, 9.17) is 0 Å². The van der Waals surface area contributed by atoms with E-state index in [1.165, 1.54) is 12.3 Å². The molecule has 126 valence electrons. The number of aromatic nitrogens is 1. The van der Waals surface area contributed by atoms with E-state index < -0.39 is 11.6 Å². The zero-order valence-electron chi connectivity index (χ0n) is 13.4. The third kappa shape index (κ3) is 3.69. The van der Waals surface area contributed by atoms with Crippen LogP contribution in [0.1, 0.15) is 30.3 Å². The highest BCUT2D eigenvalue weighted by molar-refractivity contribution is 5.93. The van der Waals surface area contributed by atoms with E-state index in [1.54, 1.807) is 12.1 Å².